The molecule has 5 rings (SSSR count). The Bertz CT molecular complexity index is 1300. The number of carbonyl (C=O) groups is 2. The Hall–Kier alpha value is -2.86. The number of hydrogen-bond donors (Lipinski definition) is 2. The van der Waals surface area contributed by atoms with Gasteiger partial charge < -0.3 is 15.2 Å². The number of nitrogens with one attached hydrogen (secondary N) is 2. The monoisotopic (exact) mass is 482 g/mol. The van der Waals surface area contributed by atoms with Crippen LogP contribution in [0.15, 0.2) is 23.1 Å². The fourth-order valence-electron chi connectivity index (χ4n) is 5.57. The molecule has 2 heterocycles. The van der Waals surface area contributed by atoms with Crippen molar-refractivity contribution < 1.29 is 18.0 Å². The molecule has 2 atom stereocenters. The Kier molecular flexibility index (Phi) is 5.67. The number of hydrogen-bond acceptors (Lipinski definition) is 5. The zero-order valence-corrected chi connectivity index (χ0v) is 20.2. The zero-order valence-electron chi connectivity index (χ0n) is 19.4. The molecular weight excluding hydrogens is 452 g/mol. The molecule has 9 heteroatoms. The molecule has 0 radical (unpaired) electrons. The van der Waals surface area contributed by atoms with Gasteiger partial charge in [0.15, 0.2) is 9.84 Å². The van der Waals surface area contributed by atoms with Crippen molar-refractivity contribution in [2.45, 2.75) is 68.3 Å². The van der Waals surface area contributed by atoms with E-state index in [1.165, 1.54) is 6.26 Å². The Labute approximate surface area is 199 Å². The summed E-state index contributed by atoms with van der Waals surface area (Å²) in [5.74, 6) is -0.264. The van der Waals surface area contributed by atoms with Gasteiger partial charge in [-0.1, -0.05) is 12.8 Å². The molecule has 34 heavy (non-hydrogen) atoms. The molecule has 0 saturated heterocycles. The molecule has 2 aliphatic carbocycles. The molecule has 1 aromatic heterocycles. The molecule has 0 unspecified atom stereocenters. The summed E-state index contributed by atoms with van der Waals surface area (Å²) in [6, 6.07) is 7.29. The highest BCUT2D eigenvalue weighted by Crippen LogP contribution is 2.38. The smallest absolute Gasteiger partial charge is 0.226 e. The highest BCUT2D eigenvalue weighted by Gasteiger charge is 2.45. The van der Waals surface area contributed by atoms with Crippen molar-refractivity contribution in [1.29, 1.82) is 5.26 Å². The highest BCUT2D eigenvalue weighted by atomic mass is 32.2. The number of sulfone groups is 1. The van der Waals surface area contributed by atoms with Crippen LogP contribution in [0.5, 0.6) is 0 Å². The first-order valence-electron chi connectivity index (χ1n) is 12.0. The predicted molar refractivity (Wildman–Crippen MR) is 126 cm³/mol. The number of nitriles is 1. The fraction of sp³-hybridized carbons (Fsp3) is 0.560. The molecule has 1 aliphatic heterocycles. The van der Waals surface area contributed by atoms with Crippen LogP contribution in [-0.4, -0.2) is 48.5 Å². The van der Waals surface area contributed by atoms with Gasteiger partial charge in [0.2, 0.25) is 11.8 Å². The van der Waals surface area contributed by atoms with Gasteiger partial charge in [-0.05, 0) is 49.8 Å². The second-order valence-corrected chi connectivity index (χ2v) is 12.2. The molecule has 3 aliphatic rings. The Morgan fingerprint density at radius 3 is 2.74 bits per heavy atom. The Balaban J connectivity index is 1.33. The lowest BCUT2D eigenvalue weighted by molar-refractivity contribution is -0.140. The maximum Gasteiger partial charge on any atom is 0.226 e. The molecule has 180 valence electrons. The maximum absolute atomic E-state index is 13.6. The minimum Gasteiger partial charge on any atom is -0.358 e. The first kappa shape index (κ1) is 22.9. The summed E-state index contributed by atoms with van der Waals surface area (Å²) >= 11 is 0. The number of aromatic nitrogens is 1. The second kappa shape index (κ2) is 8.42. The topological polar surface area (TPSA) is 123 Å². The van der Waals surface area contributed by atoms with E-state index in [4.69, 9.17) is 0 Å². The van der Waals surface area contributed by atoms with Crippen molar-refractivity contribution in [3.8, 4) is 6.07 Å². The van der Waals surface area contributed by atoms with Crippen LogP contribution in [0.1, 0.15) is 56.2 Å². The van der Waals surface area contributed by atoms with Gasteiger partial charge in [-0.3, -0.25) is 9.59 Å². The number of benzene rings is 1. The quantitative estimate of drug-likeness (QED) is 0.678. The minimum atomic E-state index is -3.33. The van der Waals surface area contributed by atoms with Crippen molar-refractivity contribution in [1.82, 2.24) is 15.2 Å². The van der Waals surface area contributed by atoms with E-state index < -0.39 is 15.4 Å². The number of carbonyl (C=O) groups excluding carboxylic acids is 2. The summed E-state index contributed by atoms with van der Waals surface area (Å²) in [5.41, 5.74) is 2.23. The molecule has 2 saturated carbocycles. The summed E-state index contributed by atoms with van der Waals surface area (Å²) in [5, 5.41) is 13.0. The SMILES string of the molecule is CS(=O)(=O)c1ccc2[nH]c3c(c2c1)CN(C(=O)[C@@H]1CCCC[C@@H]1CC(=O)NC1(C#N)CC1)CC3. The zero-order chi connectivity index (χ0) is 24.1. The number of amides is 2. The molecule has 8 nitrogen and oxygen atoms in total. The van der Waals surface area contributed by atoms with Crippen LogP contribution in [0, 0.1) is 23.2 Å². The summed E-state index contributed by atoms with van der Waals surface area (Å²) < 4.78 is 24.1. The van der Waals surface area contributed by atoms with Crippen LogP contribution >= 0.6 is 0 Å². The molecule has 2 aromatic rings. The summed E-state index contributed by atoms with van der Waals surface area (Å²) in [6.45, 7) is 1.04. The minimum absolute atomic E-state index is 0.0167. The van der Waals surface area contributed by atoms with E-state index >= 15 is 0 Å². The number of aromatic amines is 1. The van der Waals surface area contributed by atoms with Gasteiger partial charge in [-0.2, -0.15) is 5.26 Å². The number of fused-ring (bicyclic) bond motifs is 3. The van der Waals surface area contributed by atoms with Crippen molar-refractivity contribution in [3.05, 3.63) is 29.5 Å². The van der Waals surface area contributed by atoms with Gasteiger partial charge in [-0.25, -0.2) is 8.42 Å². The van der Waals surface area contributed by atoms with Crippen LogP contribution in [0.3, 0.4) is 0 Å². The largest absolute Gasteiger partial charge is 0.358 e. The third-order valence-corrected chi connectivity index (χ3v) is 8.81. The van der Waals surface area contributed by atoms with Crippen molar-refractivity contribution in [2.24, 2.45) is 11.8 Å². The number of nitrogens with zero attached hydrogens (tertiary/aromatic N) is 2. The van der Waals surface area contributed by atoms with Crippen LogP contribution in [-0.2, 0) is 32.4 Å². The lowest BCUT2D eigenvalue weighted by atomic mass is 9.76. The molecule has 1 aromatic carbocycles. The normalized spacial score (nSPS) is 23.7. The van der Waals surface area contributed by atoms with E-state index in [-0.39, 0.29) is 35.0 Å². The van der Waals surface area contributed by atoms with Gasteiger partial charge in [0, 0.05) is 60.3 Å². The first-order chi connectivity index (χ1) is 16.2. The number of rotatable bonds is 5. The average Bonchev–Trinajstić information content (AvgIpc) is 3.48. The van der Waals surface area contributed by atoms with E-state index in [1.807, 2.05) is 4.90 Å². The van der Waals surface area contributed by atoms with Crippen LogP contribution in [0.2, 0.25) is 0 Å². The molecule has 0 spiro atoms. The van der Waals surface area contributed by atoms with Crippen LogP contribution in [0.4, 0.5) is 0 Å². The average molecular weight is 483 g/mol. The summed E-state index contributed by atoms with van der Waals surface area (Å²) in [6.07, 6.45) is 7.16. The van der Waals surface area contributed by atoms with Crippen LogP contribution in [0.25, 0.3) is 10.9 Å². The van der Waals surface area contributed by atoms with E-state index in [0.717, 1.165) is 47.8 Å². The van der Waals surface area contributed by atoms with Gasteiger partial charge in [0.1, 0.15) is 5.54 Å². The van der Waals surface area contributed by atoms with Crippen LogP contribution < -0.4 is 5.32 Å². The van der Waals surface area contributed by atoms with Gasteiger partial charge in [-0.15, -0.1) is 0 Å². The van der Waals surface area contributed by atoms with Crippen molar-refractivity contribution >= 4 is 32.6 Å². The van der Waals surface area contributed by atoms with Crippen molar-refractivity contribution in [3.63, 3.8) is 0 Å². The third kappa shape index (κ3) is 4.31. The molecular formula is C25H30N4O4S. The van der Waals surface area contributed by atoms with Crippen molar-refractivity contribution in [2.75, 3.05) is 12.8 Å². The number of H-pyrrole nitrogens is 1. The molecule has 0 bridgehead atoms. The molecule has 2 N–H and O–H groups in total. The fourth-order valence-corrected chi connectivity index (χ4v) is 6.22. The van der Waals surface area contributed by atoms with E-state index in [9.17, 15) is 23.3 Å². The Morgan fingerprint density at radius 1 is 1.26 bits per heavy atom. The van der Waals surface area contributed by atoms with Gasteiger partial charge >= 0.3 is 0 Å². The Morgan fingerprint density at radius 2 is 2.03 bits per heavy atom. The second-order valence-electron chi connectivity index (χ2n) is 10.2. The lowest BCUT2D eigenvalue weighted by Gasteiger charge is -2.36. The van der Waals surface area contributed by atoms with Gasteiger partial charge in [0.25, 0.3) is 0 Å². The maximum atomic E-state index is 13.6. The van der Waals surface area contributed by atoms with Gasteiger partial charge in [0.05, 0.1) is 11.0 Å². The molecule has 2 amide bonds. The molecule has 2 fully saturated rings. The summed E-state index contributed by atoms with van der Waals surface area (Å²) in [7, 11) is -3.33. The highest BCUT2D eigenvalue weighted by molar-refractivity contribution is 7.90. The van der Waals surface area contributed by atoms with E-state index in [1.54, 1.807) is 18.2 Å². The third-order valence-electron chi connectivity index (χ3n) is 7.70. The van der Waals surface area contributed by atoms with E-state index in [2.05, 4.69) is 16.4 Å². The summed E-state index contributed by atoms with van der Waals surface area (Å²) in [4.78, 5) is 31.8. The predicted octanol–water partition coefficient (Wildman–Crippen LogP) is 2.82. The standard InChI is InChI=1S/C25H30N4O4S/c1-34(32,33)17-6-7-21-19(13-17)20-14-29(11-8-22(20)27-21)24(31)18-5-3-2-4-16(18)12-23(30)28-25(15-26)9-10-25/h6-7,13,16,18,27H,2-5,8-12,14H2,1H3,(H,28,30)/t16-,18-/m1/s1. The first-order valence-corrected chi connectivity index (χ1v) is 13.9. The lowest BCUT2D eigenvalue weighted by Crippen LogP contribution is -2.44. The van der Waals surface area contributed by atoms with E-state index in [0.29, 0.717) is 32.4 Å².